The van der Waals surface area contributed by atoms with Crippen LogP contribution in [-0.2, 0) is 0 Å². The molecule has 126 valence electrons. The first-order valence-corrected chi connectivity index (χ1v) is 8.10. The summed E-state index contributed by atoms with van der Waals surface area (Å²) in [7, 11) is 3.21. The highest BCUT2D eigenvalue weighted by atomic mass is 32.2. The second kappa shape index (κ2) is 6.91. The highest BCUT2D eigenvalue weighted by Gasteiger charge is 2.18. The quantitative estimate of drug-likeness (QED) is 0.679. The molecule has 0 radical (unpaired) electrons. The van der Waals surface area contributed by atoms with E-state index in [1.165, 1.54) is 11.8 Å². The van der Waals surface area contributed by atoms with Gasteiger partial charge in [-0.05, 0) is 19.1 Å². The molecule has 2 heterocycles. The van der Waals surface area contributed by atoms with Crippen LogP contribution < -0.4 is 9.47 Å². The number of H-pyrrole nitrogens is 1. The molecule has 0 aliphatic rings. The summed E-state index contributed by atoms with van der Waals surface area (Å²) in [6, 6.07) is 5.52. The van der Waals surface area contributed by atoms with E-state index in [9.17, 15) is 0 Å². The van der Waals surface area contributed by atoms with E-state index >= 15 is 0 Å². The predicted molar refractivity (Wildman–Crippen MR) is 88.2 cm³/mol. The zero-order valence-electron chi connectivity index (χ0n) is 13.7. The van der Waals surface area contributed by atoms with Gasteiger partial charge in [0.2, 0.25) is 16.9 Å². The number of aromatic amines is 1. The third-order valence-electron chi connectivity index (χ3n) is 3.30. The molecule has 0 aliphatic carbocycles. The monoisotopic (exact) mass is 347 g/mol. The van der Waals surface area contributed by atoms with Crippen LogP contribution in [0.4, 0.5) is 0 Å². The maximum atomic E-state index is 5.43. The Morgan fingerprint density at radius 3 is 2.71 bits per heavy atom. The summed E-state index contributed by atoms with van der Waals surface area (Å²) in [5, 5.41) is 15.6. The highest BCUT2D eigenvalue weighted by molar-refractivity contribution is 7.99. The fourth-order valence-electron chi connectivity index (χ4n) is 2.10. The average molecular weight is 347 g/mol. The minimum Gasteiger partial charge on any atom is -0.497 e. The van der Waals surface area contributed by atoms with E-state index in [0.717, 1.165) is 5.56 Å². The van der Waals surface area contributed by atoms with Gasteiger partial charge in [-0.25, -0.2) is 4.98 Å². The molecule has 3 aromatic rings. The molecule has 8 nitrogen and oxygen atoms in total. The number of methoxy groups -OCH3 is 2. The van der Waals surface area contributed by atoms with E-state index in [4.69, 9.17) is 13.9 Å². The molecule has 0 spiro atoms. The first kappa shape index (κ1) is 16.3. The van der Waals surface area contributed by atoms with Crippen LogP contribution in [-0.4, -0.2) is 39.6 Å². The van der Waals surface area contributed by atoms with Crippen molar-refractivity contribution in [2.24, 2.45) is 0 Å². The fourth-order valence-corrected chi connectivity index (χ4v) is 2.85. The minimum atomic E-state index is -0.0485. The zero-order valence-corrected chi connectivity index (χ0v) is 14.5. The molecule has 0 amide bonds. The van der Waals surface area contributed by atoms with Crippen molar-refractivity contribution in [2.45, 2.75) is 24.3 Å². The van der Waals surface area contributed by atoms with E-state index in [1.54, 1.807) is 27.2 Å². The van der Waals surface area contributed by atoms with Crippen molar-refractivity contribution in [2.75, 3.05) is 14.2 Å². The van der Waals surface area contributed by atoms with Crippen LogP contribution in [0.2, 0.25) is 0 Å². The summed E-state index contributed by atoms with van der Waals surface area (Å²) in [5.74, 6) is 3.07. The van der Waals surface area contributed by atoms with Gasteiger partial charge < -0.3 is 13.9 Å². The number of hydrogen-bond donors (Lipinski definition) is 1. The molecular formula is C15H17N5O3S. The Morgan fingerprint density at radius 2 is 2.04 bits per heavy atom. The maximum absolute atomic E-state index is 5.43. The highest BCUT2D eigenvalue weighted by Crippen LogP contribution is 2.35. The summed E-state index contributed by atoms with van der Waals surface area (Å²) < 4.78 is 16.0. The maximum Gasteiger partial charge on any atom is 0.229 e. The molecule has 3 rings (SSSR count). The van der Waals surface area contributed by atoms with E-state index in [2.05, 4.69) is 25.4 Å². The molecular weight excluding hydrogens is 330 g/mol. The number of hydrogen-bond acceptors (Lipinski definition) is 8. The van der Waals surface area contributed by atoms with Crippen molar-refractivity contribution in [3.63, 3.8) is 0 Å². The molecule has 0 saturated carbocycles. The molecule has 1 atom stereocenters. The number of ether oxygens (including phenoxy) is 2. The Balaban J connectivity index is 1.80. The van der Waals surface area contributed by atoms with Gasteiger partial charge in [-0.2, -0.15) is 0 Å². The number of aryl methyl sites for hydroxylation is 1. The van der Waals surface area contributed by atoms with Crippen molar-refractivity contribution in [1.82, 2.24) is 25.4 Å². The van der Waals surface area contributed by atoms with Gasteiger partial charge in [0.05, 0.1) is 25.0 Å². The standard InChI is InChI=1S/C15H17N5O3S/c1-8(14-19-17-9(2)23-14)24-15-16-13(18-20-15)11-6-5-10(21-3)7-12(11)22-4/h5-8H,1-4H3,(H,16,18,20). The van der Waals surface area contributed by atoms with Crippen molar-refractivity contribution >= 4 is 11.8 Å². The molecule has 24 heavy (non-hydrogen) atoms. The average Bonchev–Trinajstić information content (AvgIpc) is 3.23. The van der Waals surface area contributed by atoms with Gasteiger partial charge in [-0.15, -0.1) is 15.3 Å². The second-order valence-corrected chi connectivity index (χ2v) is 6.26. The minimum absolute atomic E-state index is 0.0485. The topological polar surface area (TPSA) is 99.0 Å². The Bertz CT molecular complexity index is 832. The van der Waals surface area contributed by atoms with Crippen LogP contribution in [0.1, 0.15) is 24.0 Å². The lowest BCUT2D eigenvalue weighted by atomic mass is 10.2. The number of aromatic nitrogens is 5. The first-order chi connectivity index (χ1) is 11.6. The third kappa shape index (κ3) is 3.35. The number of nitrogens with one attached hydrogen (secondary N) is 1. The van der Waals surface area contributed by atoms with Gasteiger partial charge in [0.15, 0.2) is 5.82 Å². The Morgan fingerprint density at radius 1 is 1.21 bits per heavy atom. The van der Waals surface area contributed by atoms with Gasteiger partial charge in [0.1, 0.15) is 11.5 Å². The third-order valence-corrected chi connectivity index (χ3v) is 4.25. The van der Waals surface area contributed by atoms with Crippen LogP contribution in [0, 0.1) is 6.92 Å². The van der Waals surface area contributed by atoms with Crippen LogP contribution in [0.25, 0.3) is 11.4 Å². The summed E-state index contributed by atoms with van der Waals surface area (Å²) in [6.07, 6.45) is 0. The van der Waals surface area contributed by atoms with Crippen molar-refractivity contribution < 1.29 is 13.9 Å². The fraction of sp³-hybridized carbons (Fsp3) is 0.333. The normalized spacial score (nSPS) is 12.2. The second-order valence-electron chi connectivity index (χ2n) is 4.95. The van der Waals surface area contributed by atoms with Crippen molar-refractivity contribution in [3.8, 4) is 22.9 Å². The molecule has 9 heteroatoms. The number of benzene rings is 1. The molecule has 0 aliphatic heterocycles. The SMILES string of the molecule is COc1ccc(-c2nc(SC(C)c3nnc(C)o3)n[nH]2)c(OC)c1. The van der Waals surface area contributed by atoms with E-state index in [0.29, 0.717) is 34.3 Å². The van der Waals surface area contributed by atoms with Gasteiger partial charge in [0, 0.05) is 13.0 Å². The zero-order chi connectivity index (χ0) is 17.1. The molecule has 1 unspecified atom stereocenters. The largest absolute Gasteiger partial charge is 0.497 e. The van der Waals surface area contributed by atoms with Gasteiger partial charge >= 0.3 is 0 Å². The van der Waals surface area contributed by atoms with E-state index < -0.39 is 0 Å². The van der Waals surface area contributed by atoms with Gasteiger partial charge in [-0.3, -0.25) is 5.10 Å². The van der Waals surface area contributed by atoms with E-state index in [-0.39, 0.29) is 5.25 Å². The van der Waals surface area contributed by atoms with Gasteiger partial charge in [0.25, 0.3) is 0 Å². The molecule has 1 N–H and O–H groups in total. The lowest BCUT2D eigenvalue weighted by Gasteiger charge is -2.07. The van der Waals surface area contributed by atoms with Crippen LogP contribution in [0.5, 0.6) is 11.5 Å². The first-order valence-electron chi connectivity index (χ1n) is 7.22. The smallest absolute Gasteiger partial charge is 0.229 e. The summed E-state index contributed by atoms with van der Waals surface area (Å²) >= 11 is 1.43. The Kier molecular flexibility index (Phi) is 4.70. The predicted octanol–water partition coefficient (Wildman–Crippen LogP) is 3.03. The Labute approximate surface area is 143 Å². The van der Waals surface area contributed by atoms with Crippen molar-refractivity contribution in [3.05, 3.63) is 30.0 Å². The number of nitrogens with zero attached hydrogens (tertiary/aromatic N) is 4. The summed E-state index contributed by atoms with van der Waals surface area (Å²) in [4.78, 5) is 4.50. The van der Waals surface area contributed by atoms with Gasteiger partial charge in [-0.1, -0.05) is 11.8 Å². The number of rotatable bonds is 6. The summed E-state index contributed by atoms with van der Waals surface area (Å²) in [6.45, 7) is 3.72. The van der Waals surface area contributed by atoms with E-state index in [1.807, 2.05) is 19.1 Å². The Hall–Kier alpha value is -2.55. The van der Waals surface area contributed by atoms with Crippen molar-refractivity contribution in [1.29, 1.82) is 0 Å². The molecule has 0 bridgehead atoms. The molecule has 0 fully saturated rings. The lowest BCUT2D eigenvalue weighted by molar-refractivity contribution is 0.395. The molecule has 1 aromatic carbocycles. The van der Waals surface area contributed by atoms with Crippen LogP contribution in [0.3, 0.4) is 0 Å². The molecule has 0 saturated heterocycles. The summed E-state index contributed by atoms with van der Waals surface area (Å²) in [5.41, 5.74) is 0.805. The van der Waals surface area contributed by atoms with Crippen LogP contribution in [0.15, 0.2) is 27.8 Å². The lowest BCUT2D eigenvalue weighted by Crippen LogP contribution is -1.92. The van der Waals surface area contributed by atoms with Crippen LogP contribution >= 0.6 is 11.8 Å². The molecule has 2 aromatic heterocycles. The number of thioether (sulfide) groups is 1.